The number of amides is 1. The third kappa shape index (κ3) is 6.83. The van der Waals surface area contributed by atoms with Gasteiger partial charge in [-0.15, -0.1) is 0 Å². The summed E-state index contributed by atoms with van der Waals surface area (Å²) in [5.74, 6) is -0.375. The number of benzene rings is 1. The molecule has 0 spiro atoms. The van der Waals surface area contributed by atoms with Crippen molar-refractivity contribution in [1.29, 1.82) is 0 Å². The minimum atomic E-state index is -4.42. The van der Waals surface area contributed by atoms with Gasteiger partial charge in [0, 0.05) is 18.9 Å². The van der Waals surface area contributed by atoms with Crippen LogP contribution in [0.25, 0.3) is 0 Å². The van der Waals surface area contributed by atoms with Crippen LogP contribution < -0.4 is 14.8 Å². The number of rotatable bonds is 8. The van der Waals surface area contributed by atoms with Crippen LogP contribution in [0.5, 0.6) is 11.5 Å². The fraction of sp³-hybridized carbons (Fsp3) is 0.294. The Morgan fingerprint density at radius 3 is 2.54 bits per heavy atom. The van der Waals surface area contributed by atoms with Crippen LogP contribution in [0.4, 0.5) is 13.2 Å². The van der Waals surface area contributed by atoms with Gasteiger partial charge >= 0.3 is 5.51 Å². The molecule has 2 aromatic rings. The Bertz CT molecular complexity index is 727. The highest BCUT2D eigenvalue weighted by atomic mass is 32.2. The Labute approximate surface area is 152 Å². The van der Waals surface area contributed by atoms with E-state index in [0.29, 0.717) is 23.7 Å². The van der Waals surface area contributed by atoms with Crippen molar-refractivity contribution in [3.8, 4) is 11.5 Å². The summed E-state index contributed by atoms with van der Waals surface area (Å²) in [4.78, 5) is 15.4. The lowest BCUT2D eigenvalue weighted by Crippen LogP contribution is -2.25. The summed E-state index contributed by atoms with van der Waals surface area (Å²) in [7, 11) is 1.48. The van der Waals surface area contributed by atoms with Gasteiger partial charge in [-0.05, 0) is 47.2 Å². The van der Waals surface area contributed by atoms with E-state index in [9.17, 15) is 18.0 Å². The van der Waals surface area contributed by atoms with Gasteiger partial charge < -0.3 is 14.8 Å². The van der Waals surface area contributed by atoms with Crippen LogP contribution in [-0.4, -0.2) is 29.3 Å². The second-order valence-corrected chi connectivity index (χ2v) is 6.18. The summed E-state index contributed by atoms with van der Waals surface area (Å²) in [5, 5.41) is 2.44. The van der Waals surface area contributed by atoms with E-state index in [1.165, 1.54) is 7.11 Å². The first-order chi connectivity index (χ1) is 12.4. The third-order valence-electron chi connectivity index (χ3n) is 3.23. The molecule has 0 atom stereocenters. The van der Waals surface area contributed by atoms with Crippen molar-refractivity contribution in [1.82, 2.24) is 10.3 Å². The molecular weight excluding hydrogens is 369 g/mol. The molecule has 0 unspecified atom stereocenters. The first-order valence-corrected chi connectivity index (χ1v) is 8.52. The molecule has 0 fully saturated rings. The van der Waals surface area contributed by atoms with Crippen LogP contribution in [0, 0.1) is 0 Å². The van der Waals surface area contributed by atoms with E-state index in [2.05, 4.69) is 10.3 Å². The molecule has 1 amide bonds. The molecule has 0 saturated heterocycles. The van der Waals surface area contributed by atoms with Gasteiger partial charge in [-0.3, -0.25) is 9.78 Å². The van der Waals surface area contributed by atoms with Gasteiger partial charge in [0.15, 0.2) is 11.5 Å². The van der Waals surface area contributed by atoms with E-state index >= 15 is 0 Å². The predicted octanol–water partition coefficient (Wildman–Crippen LogP) is 3.54. The average Bonchev–Trinajstić information content (AvgIpc) is 2.63. The SMILES string of the molecule is COc1cc(CNC(=O)CSC(F)(F)F)ccc1OCc1ccncc1. The molecule has 1 aromatic heterocycles. The van der Waals surface area contributed by atoms with Crippen molar-refractivity contribution in [3.05, 3.63) is 53.9 Å². The number of nitrogens with one attached hydrogen (secondary N) is 1. The van der Waals surface area contributed by atoms with Crippen molar-refractivity contribution in [2.75, 3.05) is 12.9 Å². The average molecular weight is 386 g/mol. The molecule has 5 nitrogen and oxygen atoms in total. The first-order valence-electron chi connectivity index (χ1n) is 7.53. The maximum Gasteiger partial charge on any atom is 0.442 e. The number of thioether (sulfide) groups is 1. The van der Waals surface area contributed by atoms with Crippen molar-refractivity contribution in [2.24, 2.45) is 0 Å². The van der Waals surface area contributed by atoms with Crippen LogP contribution in [0.1, 0.15) is 11.1 Å². The monoisotopic (exact) mass is 386 g/mol. The number of carbonyl (C=O) groups excluding carboxylic acids is 1. The molecule has 0 saturated carbocycles. The van der Waals surface area contributed by atoms with Crippen molar-refractivity contribution >= 4 is 17.7 Å². The summed E-state index contributed by atoms with van der Waals surface area (Å²) in [6.45, 7) is 0.432. The number of hydrogen-bond donors (Lipinski definition) is 1. The number of hydrogen-bond acceptors (Lipinski definition) is 5. The lowest BCUT2D eigenvalue weighted by molar-refractivity contribution is -0.119. The summed E-state index contributed by atoms with van der Waals surface area (Å²) in [6, 6.07) is 8.72. The van der Waals surface area contributed by atoms with E-state index in [1.807, 2.05) is 12.1 Å². The molecule has 1 heterocycles. The molecule has 0 radical (unpaired) electrons. The Kier molecular flexibility index (Phi) is 7.14. The topological polar surface area (TPSA) is 60.5 Å². The number of nitrogens with zero attached hydrogens (tertiary/aromatic N) is 1. The highest BCUT2D eigenvalue weighted by Crippen LogP contribution is 2.30. The van der Waals surface area contributed by atoms with E-state index in [1.54, 1.807) is 30.6 Å². The minimum Gasteiger partial charge on any atom is -0.493 e. The van der Waals surface area contributed by atoms with E-state index in [0.717, 1.165) is 5.56 Å². The van der Waals surface area contributed by atoms with Gasteiger partial charge in [0.05, 0.1) is 12.9 Å². The molecule has 1 aromatic carbocycles. The summed E-state index contributed by atoms with van der Waals surface area (Å²) in [5.41, 5.74) is -2.79. The Balaban J connectivity index is 1.90. The number of pyridine rings is 1. The molecule has 0 aliphatic heterocycles. The Hall–Kier alpha value is -2.42. The second-order valence-electron chi connectivity index (χ2n) is 5.14. The number of carbonyl (C=O) groups is 1. The van der Waals surface area contributed by atoms with E-state index in [-0.39, 0.29) is 18.3 Å². The molecule has 0 aliphatic rings. The van der Waals surface area contributed by atoms with Crippen LogP contribution in [0.2, 0.25) is 0 Å². The minimum absolute atomic E-state index is 0.0955. The number of ether oxygens (including phenoxy) is 2. The lowest BCUT2D eigenvalue weighted by atomic mass is 10.2. The third-order valence-corrected chi connectivity index (χ3v) is 3.96. The van der Waals surface area contributed by atoms with Crippen LogP contribution in [0.3, 0.4) is 0 Å². The maximum atomic E-state index is 12.1. The van der Waals surface area contributed by atoms with Gasteiger partial charge in [-0.1, -0.05) is 6.07 Å². The summed E-state index contributed by atoms with van der Waals surface area (Å²) in [6.07, 6.45) is 3.33. The molecular formula is C17H17F3N2O3S. The van der Waals surface area contributed by atoms with Crippen LogP contribution in [-0.2, 0) is 17.9 Å². The first kappa shape index (κ1) is 19.9. The Morgan fingerprint density at radius 2 is 1.88 bits per heavy atom. The molecule has 0 aliphatic carbocycles. The van der Waals surface area contributed by atoms with Gasteiger partial charge in [0.1, 0.15) is 6.61 Å². The predicted molar refractivity (Wildman–Crippen MR) is 91.9 cm³/mol. The molecule has 140 valence electrons. The van der Waals surface area contributed by atoms with Gasteiger partial charge in [-0.25, -0.2) is 0 Å². The van der Waals surface area contributed by atoms with Crippen LogP contribution >= 0.6 is 11.8 Å². The van der Waals surface area contributed by atoms with Crippen molar-refractivity contribution in [2.45, 2.75) is 18.7 Å². The Morgan fingerprint density at radius 1 is 1.15 bits per heavy atom. The quantitative estimate of drug-likeness (QED) is 0.752. The maximum absolute atomic E-state index is 12.1. The van der Waals surface area contributed by atoms with Crippen molar-refractivity contribution in [3.63, 3.8) is 0 Å². The lowest BCUT2D eigenvalue weighted by Gasteiger charge is -2.13. The molecule has 26 heavy (non-hydrogen) atoms. The molecule has 9 heteroatoms. The molecule has 2 rings (SSSR count). The largest absolute Gasteiger partial charge is 0.493 e. The zero-order valence-electron chi connectivity index (χ0n) is 13.9. The fourth-order valence-corrected chi connectivity index (χ4v) is 2.38. The van der Waals surface area contributed by atoms with E-state index < -0.39 is 17.2 Å². The second kappa shape index (κ2) is 9.33. The summed E-state index contributed by atoms with van der Waals surface area (Å²) >= 11 is -0.370. The van der Waals surface area contributed by atoms with E-state index in [4.69, 9.17) is 9.47 Å². The fourth-order valence-electron chi connectivity index (χ4n) is 1.98. The summed E-state index contributed by atoms with van der Waals surface area (Å²) < 4.78 is 47.2. The smallest absolute Gasteiger partial charge is 0.442 e. The van der Waals surface area contributed by atoms with Gasteiger partial charge in [0.2, 0.25) is 5.91 Å². The molecule has 1 N–H and O–H groups in total. The highest BCUT2D eigenvalue weighted by molar-refractivity contribution is 8.00. The van der Waals surface area contributed by atoms with Crippen LogP contribution in [0.15, 0.2) is 42.7 Å². The zero-order chi connectivity index (χ0) is 19.0. The molecule has 0 bridgehead atoms. The normalized spacial score (nSPS) is 11.1. The van der Waals surface area contributed by atoms with Gasteiger partial charge in [-0.2, -0.15) is 13.2 Å². The number of alkyl halides is 3. The number of aromatic nitrogens is 1. The van der Waals surface area contributed by atoms with Crippen molar-refractivity contribution < 1.29 is 27.4 Å². The standard InChI is InChI=1S/C17H17F3N2O3S/c1-24-15-8-13(9-22-16(23)11-26-17(18,19)20)2-3-14(15)25-10-12-4-6-21-7-5-12/h2-8H,9-11H2,1H3,(H,22,23). The number of methoxy groups -OCH3 is 1. The number of halogens is 3. The highest BCUT2D eigenvalue weighted by Gasteiger charge is 2.29. The van der Waals surface area contributed by atoms with Gasteiger partial charge in [0.25, 0.3) is 0 Å². The zero-order valence-corrected chi connectivity index (χ0v) is 14.7.